The van der Waals surface area contributed by atoms with Gasteiger partial charge in [-0.25, -0.2) is 0 Å². The van der Waals surface area contributed by atoms with Gasteiger partial charge in [-0.1, -0.05) is 39.8 Å². The largest absolute Gasteiger partial charge is 0.494 e. The summed E-state index contributed by atoms with van der Waals surface area (Å²) < 4.78 is 5.78. The van der Waals surface area contributed by atoms with E-state index in [1.54, 1.807) is 0 Å². The van der Waals surface area contributed by atoms with Crippen molar-refractivity contribution in [1.82, 2.24) is 5.32 Å². The molecule has 0 saturated heterocycles. The molecule has 0 aromatic heterocycles. The average molecular weight is 263 g/mol. The van der Waals surface area contributed by atoms with Crippen LogP contribution in [0.25, 0.3) is 0 Å². The highest BCUT2D eigenvalue weighted by atomic mass is 16.5. The maximum atomic E-state index is 5.78. The van der Waals surface area contributed by atoms with Gasteiger partial charge in [0.1, 0.15) is 5.75 Å². The van der Waals surface area contributed by atoms with Crippen LogP contribution in [0, 0.1) is 0 Å². The summed E-state index contributed by atoms with van der Waals surface area (Å²) in [6.45, 7) is 12.9. The first-order valence-corrected chi connectivity index (χ1v) is 7.40. The van der Waals surface area contributed by atoms with Crippen molar-refractivity contribution in [3.8, 4) is 5.75 Å². The van der Waals surface area contributed by atoms with Crippen molar-refractivity contribution < 1.29 is 4.74 Å². The minimum atomic E-state index is 0.205. The Morgan fingerprint density at radius 3 is 2.32 bits per heavy atom. The molecule has 0 radical (unpaired) electrons. The van der Waals surface area contributed by atoms with Crippen LogP contribution in [0.4, 0.5) is 0 Å². The van der Waals surface area contributed by atoms with Crippen molar-refractivity contribution in [3.05, 3.63) is 29.8 Å². The summed E-state index contributed by atoms with van der Waals surface area (Å²) in [6.07, 6.45) is 2.22. The number of nitrogens with one attached hydrogen (secondary N) is 1. The van der Waals surface area contributed by atoms with Gasteiger partial charge >= 0.3 is 0 Å². The average Bonchev–Trinajstić information content (AvgIpc) is 2.36. The third-order valence-corrected chi connectivity index (χ3v) is 3.28. The van der Waals surface area contributed by atoms with Crippen molar-refractivity contribution in [3.63, 3.8) is 0 Å². The van der Waals surface area contributed by atoms with Crippen LogP contribution in [0.2, 0.25) is 0 Å². The first-order chi connectivity index (χ1) is 8.93. The Balaban J connectivity index is 2.34. The molecule has 0 aliphatic heterocycles. The molecule has 1 aromatic rings. The molecule has 0 amide bonds. The number of hydrogen-bond acceptors (Lipinski definition) is 2. The highest BCUT2D eigenvalue weighted by Gasteiger charge is 2.12. The van der Waals surface area contributed by atoms with Crippen LogP contribution in [0.3, 0.4) is 0 Å². The summed E-state index contributed by atoms with van der Waals surface area (Å²) in [7, 11) is 0. The van der Waals surface area contributed by atoms with Gasteiger partial charge in [0, 0.05) is 6.04 Å². The molecule has 1 unspecified atom stereocenters. The Kier molecular flexibility index (Phi) is 6.36. The van der Waals surface area contributed by atoms with Gasteiger partial charge < -0.3 is 10.1 Å². The van der Waals surface area contributed by atoms with Gasteiger partial charge in [-0.3, -0.25) is 0 Å². The standard InChI is InChI=1S/C17H29NO/c1-6-12-18-14(2)11-13-19-16-9-7-15(8-10-16)17(3,4)5/h7-10,14,18H,6,11-13H2,1-5H3. The zero-order chi connectivity index (χ0) is 14.3. The van der Waals surface area contributed by atoms with E-state index in [0.717, 1.165) is 25.3 Å². The molecule has 108 valence electrons. The van der Waals surface area contributed by atoms with E-state index >= 15 is 0 Å². The first-order valence-electron chi connectivity index (χ1n) is 7.40. The van der Waals surface area contributed by atoms with Gasteiger partial charge in [0.2, 0.25) is 0 Å². The molecule has 0 spiro atoms. The van der Waals surface area contributed by atoms with E-state index in [4.69, 9.17) is 4.74 Å². The molecule has 0 heterocycles. The molecule has 0 aliphatic rings. The normalized spacial score (nSPS) is 13.3. The summed E-state index contributed by atoms with van der Waals surface area (Å²) in [4.78, 5) is 0. The lowest BCUT2D eigenvalue weighted by Crippen LogP contribution is -2.28. The van der Waals surface area contributed by atoms with Crippen molar-refractivity contribution in [2.75, 3.05) is 13.2 Å². The fraction of sp³-hybridized carbons (Fsp3) is 0.647. The lowest BCUT2D eigenvalue weighted by atomic mass is 9.87. The molecule has 0 saturated carbocycles. The molecule has 1 atom stereocenters. The number of hydrogen-bond donors (Lipinski definition) is 1. The van der Waals surface area contributed by atoms with E-state index in [1.807, 2.05) is 0 Å². The van der Waals surface area contributed by atoms with Crippen LogP contribution in [0.15, 0.2) is 24.3 Å². The summed E-state index contributed by atoms with van der Waals surface area (Å²) in [5.74, 6) is 0.968. The molecule has 0 fully saturated rings. The fourth-order valence-corrected chi connectivity index (χ4v) is 1.90. The fourth-order valence-electron chi connectivity index (χ4n) is 1.90. The SMILES string of the molecule is CCCNC(C)CCOc1ccc(C(C)(C)C)cc1. The molecule has 0 bridgehead atoms. The van der Waals surface area contributed by atoms with Crippen LogP contribution in [0.1, 0.15) is 53.0 Å². The van der Waals surface area contributed by atoms with Gasteiger partial charge in [0.05, 0.1) is 6.61 Å². The monoisotopic (exact) mass is 263 g/mol. The minimum absolute atomic E-state index is 0.205. The quantitative estimate of drug-likeness (QED) is 0.798. The molecular formula is C17H29NO. The zero-order valence-corrected chi connectivity index (χ0v) is 13.1. The summed E-state index contributed by atoms with van der Waals surface area (Å²) in [5.41, 5.74) is 1.55. The molecule has 0 aliphatic carbocycles. The van der Waals surface area contributed by atoms with Gasteiger partial charge in [0.15, 0.2) is 0 Å². The third-order valence-electron chi connectivity index (χ3n) is 3.28. The van der Waals surface area contributed by atoms with Crippen molar-refractivity contribution in [1.29, 1.82) is 0 Å². The van der Waals surface area contributed by atoms with Crippen LogP contribution in [-0.4, -0.2) is 19.2 Å². The zero-order valence-electron chi connectivity index (χ0n) is 13.1. The second-order valence-electron chi connectivity index (χ2n) is 6.27. The predicted octanol–water partition coefficient (Wildman–Crippen LogP) is 4.14. The predicted molar refractivity (Wildman–Crippen MR) is 83.0 cm³/mol. The van der Waals surface area contributed by atoms with Gasteiger partial charge in [0.25, 0.3) is 0 Å². The second-order valence-corrected chi connectivity index (χ2v) is 6.27. The molecule has 2 nitrogen and oxygen atoms in total. The van der Waals surface area contributed by atoms with Gasteiger partial charge in [-0.05, 0) is 49.4 Å². The lowest BCUT2D eigenvalue weighted by Gasteiger charge is -2.19. The van der Waals surface area contributed by atoms with Crippen molar-refractivity contribution >= 4 is 0 Å². The summed E-state index contributed by atoms with van der Waals surface area (Å²) in [6, 6.07) is 8.99. The Morgan fingerprint density at radius 1 is 1.16 bits per heavy atom. The Bertz CT molecular complexity index is 351. The van der Waals surface area contributed by atoms with E-state index in [9.17, 15) is 0 Å². The first kappa shape index (κ1) is 16.0. The highest BCUT2D eigenvalue weighted by Crippen LogP contribution is 2.24. The van der Waals surface area contributed by atoms with Crippen molar-refractivity contribution in [2.45, 2.75) is 58.9 Å². The molecule has 1 rings (SSSR count). The molecule has 2 heteroatoms. The molecule has 1 aromatic carbocycles. The smallest absolute Gasteiger partial charge is 0.119 e. The topological polar surface area (TPSA) is 21.3 Å². The van der Waals surface area contributed by atoms with Crippen molar-refractivity contribution in [2.24, 2.45) is 0 Å². The van der Waals surface area contributed by atoms with E-state index in [0.29, 0.717) is 6.04 Å². The van der Waals surface area contributed by atoms with E-state index in [1.165, 1.54) is 12.0 Å². The molecule has 19 heavy (non-hydrogen) atoms. The van der Waals surface area contributed by atoms with Crippen LogP contribution >= 0.6 is 0 Å². The number of ether oxygens (including phenoxy) is 1. The Morgan fingerprint density at radius 2 is 1.79 bits per heavy atom. The van der Waals surface area contributed by atoms with Crippen LogP contribution in [0.5, 0.6) is 5.75 Å². The van der Waals surface area contributed by atoms with Crippen LogP contribution in [-0.2, 0) is 5.41 Å². The Labute approximate surface area is 118 Å². The molecule has 1 N–H and O–H groups in total. The Hall–Kier alpha value is -1.02. The van der Waals surface area contributed by atoms with E-state index < -0.39 is 0 Å². The lowest BCUT2D eigenvalue weighted by molar-refractivity contribution is 0.290. The third kappa shape index (κ3) is 6.11. The summed E-state index contributed by atoms with van der Waals surface area (Å²) >= 11 is 0. The van der Waals surface area contributed by atoms with Gasteiger partial charge in [-0.2, -0.15) is 0 Å². The maximum absolute atomic E-state index is 5.78. The van der Waals surface area contributed by atoms with E-state index in [2.05, 4.69) is 64.2 Å². The summed E-state index contributed by atoms with van der Waals surface area (Å²) in [5, 5.41) is 3.47. The number of benzene rings is 1. The van der Waals surface area contributed by atoms with E-state index in [-0.39, 0.29) is 5.41 Å². The highest BCUT2D eigenvalue weighted by molar-refractivity contribution is 5.31. The minimum Gasteiger partial charge on any atom is -0.494 e. The maximum Gasteiger partial charge on any atom is 0.119 e. The van der Waals surface area contributed by atoms with Gasteiger partial charge in [-0.15, -0.1) is 0 Å². The van der Waals surface area contributed by atoms with Crippen LogP contribution < -0.4 is 10.1 Å². The number of rotatable bonds is 7. The molecular weight excluding hydrogens is 234 g/mol. The second kappa shape index (κ2) is 7.54.